The van der Waals surface area contributed by atoms with E-state index in [1.807, 2.05) is 0 Å². The van der Waals surface area contributed by atoms with Crippen LogP contribution < -0.4 is 0 Å². The van der Waals surface area contributed by atoms with Gasteiger partial charge in [-0.05, 0) is 54.4 Å². The van der Waals surface area contributed by atoms with E-state index in [4.69, 9.17) is 31.0 Å². The Morgan fingerprint density at radius 1 is 0.439 bits per heavy atom. The standard InChI is InChI=1S/C50H31N7/c1-2-15-32(16-3-1)48-53-40(31-46(54-48)55-41-24-8-4-17-33(41)34-18-5-9-25-42(34)55)39-21-12-28-45(56-43-26-10-6-19-35(43)37-22-13-29-51-49(37)56)47(39)57-44-27-11-7-20-36(44)38-23-14-30-52-50(38)57/h1-31H/i1D,2D,3D,4D,5D,6D,7D,8D,9D,10D,11D,13D,14D,15D,16D,17D,18D,19D,20D,22D,23D,24D,25D,26D,27D,29D,30D,31D. The summed E-state index contributed by atoms with van der Waals surface area (Å²) in [7, 11) is 0. The first-order valence-electron chi connectivity index (χ1n) is 30.8. The minimum Gasteiger partial charge on any atom is -0.294 e. The Morgan fingerprint density at radius 3 is 1.54 bits per heavy atom. The van der Waals surface area contributed by atoms with Crippen LogP contribution in [0.3, 0.4) is 0 Å². The summed E-state index contributed by atoms with van der Waals surface area (Å²) >= 11 is 0. The van der Waals surface area contributed by atoms with Crippen molar-refractivity contribution in [3.8, 4) is 39.8 Å². The predicted molar refractivity (Wildman–Crippen MR) is 232 cm³/mol. The molecule has 266 valence electrons. The van der Waals surface area contributed by atoms with Gasteiger partial charge in [-0.15, -0.1) is 0 Å². The van der Waals surface area contributed by atoms with E-state index in [2.05, 4.69) is 15.0 Å². The maximum absolute atomic E-state index is 10.4. The minimum absolute atomic E-state index is 0.406. The number of fused-ring (bicyclic) bond motifs is 9. The molecule has 57 heavy (non-hydrogen) atoms. The molecule has 6 aromatic heterocycles. The average molecular weight is 758 g/mol. The lowest BCUT2D eigenvalue weighted by molar-refractivity contribution is 1.04. The van der Waals surface area contributed by atoms with Gasteiger partial charge in [0, 0.05) is 61.8 Å². The van der Waals surface area contributed by atoms with Crippen LogP contribution in [0.5, 0.6) is 0 Å². The van der Waals surface area contributed by atoms with Gasteiger partial charge in [-0.2, -0.15) is 0 Å². The number of rotatable bonds is 5. The van der Waals surface area contributed by atoms with Crippen LogP contribution in [-0.2, 0) is 0 Å². The molecule has 6 aromatic carbocycles. The molecule has 12 aromatic rings. The fraction of sp³-hybridized carbons (Fsp3) is 0. The molecule has 0 atom stereocenters. The highest BCUT2D eigenvalue weighted by molar-refractivity contribution is 6.11. The average Bonchev–Trinajstić information content (AvgIpc) is 1.64. The van der Waals surface area contributed by atoms with Gasteiger partial charge >= 0.3 is 0 Å². The first-order chi connectivity index (χ1) is 39.9. The Balaban J connectivity index is 1.41. The van der Waals surface area contributed by atoms with Crippen molar-refractivity contribution in [2.75, 3.05) is 0 Å². The van der Waals surface area contributed by atoms with Crippen molar-refractivity contribution >= 4 is 65.7 Å². The van der Waals surface area contributed by atoms with Crippen LogP contribution in [0.15, 0.2) is 188 Å². The Labute approximate surface area is 365 Å². The molecule has 0 unspecified atom stereocenters. The van der Waals surface area contributed by atoms with Crippen LogP contribution in [0.4, 0.5) is 0 Å². The maximum atomic E-state index is 10.4. The van der Waals surface area contributed by atoms with Gasteiger partial charge in [0.25, 0.3) is 0 Å². The summed E-state index contributed by atoms with van der Waals surface area (Å²) in [6, 6.07) is -18.5. The van der Waals surface area contributed by atoms with E-state index in [9.17, 15) is 12.3 Å². The van der Waals surface area contributed by atoms with Gasteiger partial charge in [-0.1, -0.05) is 115 Å². The van der Waals surface area contributed by atoms with E-state index in [0.717, 1.165) is 13.7 Å². The number of pyridine rings is 2. The summed E-state index contributed by atoms with van der Waals surface area (Å²) in [5, 5.41) is -2.76. The fourth-order valence-corrected chi connectivity index (χ4v) is 7.08. The summed E-state index contributed by atoms with van der Waals surface area (Å²) in [4.78, 5) is 18.0. The highest BCUT2D eigenvalue weighted by Crippen LogP contribution is 2.42. The molecule has 0 bridgehead atoms. The van der Waals surface area contributed by atoms with Crippen molar-refractivity contribution in [2.45, 2.75) is 0 Å². The lowest BCUT2D eigenvalue weighted by Gasteiger charge is -2.20. The Hall–Kier alpha value is -7.90. The van der Waals surface area contributed by atoms with Gasteiger partial charge in [-0.3, -0.25) is 13.7 Å². The number of hydrogen-bond donors (Lipinski definition) is 0. The quantitative estimate of drug-likeness (QED) is 0.175. The van der Waals surface area contributed by atoms with E-state index in [0.29, 0.717) is 0 Å². The summed E-state index contributed by atoms with van der Waals surface area (Å²) in [6.45, 7) is 0. The topological polar surface area (TPSA) is 66.3 Å². The maximum Gasteiger partial charge on any atom is 0.162 e. The van der Waals surface area contributed by atoms with Crippen LogP contribution in [0.1, 0.15) is 38.4 Å². The van der Waals surface area contributed by atoms with Crippen molar-refractivity contribution in [3.05, 3.63) is 188 Å². The zero-order chi connectivity index (χ0) is 61.8. The van der Waals surface area contributed by atoms with Gasteiger partial charge in [0.05, 0.1) is 77.5 Å². The summed E-state index contributed by atoms with van der Waals surface area (Å²) in [5.74, 6) is -1.71. The molecule has 0 amide bonds. The molecule has 7 heteroatoms. The highest BCUT2D eigenvalue weighted by Gasteiger charge is 2.25. The van der Waals surface area contributed by atoms with Crippen LogP contribution in [0.2, 0.25) is 0 Å². The van der Waals surface area contributed by atoms with Gasteiger partial charge in [-0.25, -0.2) is 19.9 Å². The van der Waals surface area contributed by atoms with Crippen molar-refractivity contribution in [2.24, 2.45) is 0 Å². The molecule has 12 rings (SSSR count). The van der Waals surface area contributed by atoms with Crippen molar-refractivity contribution in [3.63, 3.8) is 0 Å². The number of benzene rings is 6. The van der Waals surface area contributed by atoms with Crippen molar-refractivity contribution in [1.29, 1.82) is 0 Å². The third-order valence-electron chi connectivity index (χ3n) is 9.33. The molecule has 0 aliphatic rings. The molecule has 0 aliphatic heterocycles. The largest absolute Gasteiger partial charge is 0.294 e. The van der Waals surface area contributed by atoms with Gasteiger partial charge in [0.15, 0.2) is 5.82 Å². The monoisotopic (exact) mass is 757 g/mol. The van der Waals surface area contributed by atoms with E-state index >= 15 is 0 Å². The zero-order valence-electron chi connectivity index (χ0n) is 56.4. The summed E-state index contributed by atoms with van der Waals surface area (Å²) in [5.41, 5.74) is -6.32. The van der Waals surface area contributed by atoms with E-state index < -0.39 is 275 Å². The smallest absolute Gasteiger partial charge is 0.162 e. The molecular formula is C50H31N7. The van der Waals surface area contributed by atoms with Crippen molar-refractivity contribution in [1.82, 2.24) is 33.6 Å². The lowest BCUT2D eigenvalue weighted by atomic mass is 10.1. The van der Waals surface area contributed by atoms with Crippen molar-refractivity contribution < 1.29 is 38.4 Å². The number of nitrogens with zero attached hydrogens (tertiary/aromatic N) is 7. The Morgan fingerprint density at radius 2 is 0.930 bits per heavy atom. The number of aromatic nitrogens is 7. The lowest BCUT2D eigenvalue weighted by Crippen LogP contribution is -2.08. The van der Waals surface area contributed by atoms with Crippen LogP contribution in [0.25, 0.3) is 106 Å². The minimum atomic E-state index is -0.970. The third-order valence-corrected chi connectivity index (χ3v) is 9.33. The fourth-order valence-electron chi connectivity index (χ4n) is 7.08. The number of para-hydroxylation sites is 5. The van der Waals surface area contributed by atoms with Gasteiger partial charge < -0.3 is 0 Å². The molecular weight excluding hydrogens is 699 g/mol. The SMILES string of the molecule is [2H]c1nc2c(c([2H])c1[2H])c1c([2H])c([2H])c([2H])c([2H])c1n2-c1cccc(-c2nc(-c3c([2H])c([2H])c([2H])c([2H])c3[2H])nc(-n3c4c([2H])c([2H])c([2H])c([2H])c4c4c([2H])c([2H])c([2H])c([2H])c43)c2[2H])c1-n1c2nc([2H])c([2H])c([2H])c2c2c([2H])c([2H])c([2H])c([2H])c21. The first-order valence-corrected chi connectivity index (χ1v) is 16.8. The van der Waals surface area contributed by atoms with Gasteiger partial charge in [0.1, 0.15) is 17.1 Å². The third kappa shape index (κ3) is 4.66. The van der Waals surface area contributed by atoms with E-state index in [1.54, 1.807) is 0 Å². The second-order valence-corrected chi connectivity index (χ2v) is 12.3. The molecule has 0 spiro atoms. The van der Waals surface area contributed by atoms with E-state index in [1.165, 1.54) is 18.2 Å². The molecule has 0 aliphatic carbocycles. The highest BCUT2D eigenvalue weighted by atomic mass is 15.1. The molecule has 0 radical (unpaired) electrons. The Kier molecular flexibility index (Phi) is 3.16. The van der Waals surface area contributed by atoms with Gasteiger partial charge in [0.2, 0.25) is 0 Å². The predicted octanol–water partition coefficient (Wildman–Crippen LogP) is 11.9. The summed E-state index contributed by atoms with van der Waals surface area (Å²) < 4.78 is 255. The first kappa shape index (κ1) is 14.6. The summed E-state index contributed by atoms with van der Waals surface area (Å²) in [6.07, 6.45) is -1.74. The number of hydrogen-bond acceptors (Lipinski definition) is 4. The van der Waals surface area contributed by atoms with E-state index in [-0.39, 0.29) is 0 Å². The van der Waals surface area contributed by atoms with Crippen LogP contribution >= 0.6 is 0 Å². The molecule has 0 N–H and O–H groups in total. The second-order valence-electron chi connectivity index (χ2n) is 12.3. The Bertz CT molecular complexity index is 5080. The normalized spacial score (nSPS) is 18.7. The molecule has 0 saturated carbocycles. The molecule has 0 saturated heterocycles. The van der Waals surface area contributed by atoms with Crippen LogP contribution in [-0.4, -0.2) is 33.6 Å². The molecule has 7 nitrogen and oxygen atoms in total. The molecule has 0 fully saturated rings. The zero-order valence-corrected chi connectivity index (χ0v) is 28.4. The van der Waals surface area contributed by atoms with Crippen LogP contribution in [0, 0.1) is 0 Å². The molecule has 6 heterocycles. The second kappa shape index (κ2) is 12.3.